The maximum Gasteiger partial charge on any atom is 0.308 e. The Morgan fingerprint density at radius 1 is 1.22 bits per heavy atom. The van der Waals surface area contributed by atoms with Gasteiger partial charge in [-0.15, -0.1) is 0 Å². The van der Waals surface area contributed by atoms with E-state index >= 15 is 0 Å². The number of rotatable bonds is 5. The van der Waals surface area contributed by atoms with Crippen LogP contribution in [0.5, 0.6) is 0 Å². The third-order valence-electron chi connectivity index (χ3n) is 2.26. The Bertz CT molecular complexity index is 366. The molecular weight excluding hydrogens is 329 g/mol. The first-order valence-electron chi connectivity index (χ1n) is 6.01. The minimum atomic E-state index is -0.158. The van der Waals surface area contributed by atoms with E-state index in [1.54, 1.807) is 0 Å². The van der Waals surface area contributed by atoms with Crippen molar-refractivity contribution < 1.29 is 11.0 Å². The van der Waals surface area contributed by atoms with Crippen LogP contribution in [0.2, 0.25) is 0 Å². The molecule has 0 aromatic heterocycles. The second-order valence-corrected chi connectivity index (χ2v) is 4.76. The van der Waals surface area contributed by atoms with Crippen molar-refractivity contribution in [3.63, 3.8) is 0 Å². The van der Waals surface area contributed by atoms with Crippen LogP contribution in [0.15, 0.2) is 24.3 Å². The molecule has 0 aliphatic carbocycles. The van der Waals surface area contributed by atoms with Gasteiger partial charge in [0.1, 0.15) is 6.61 Å². The molecule has 3 nitrogen and oxygen atoms in total. The number of carbonyl (C=O) groups excluding carboxylic acids is 1. The molecule has 0 unspecified atom stereocenters. The molecule has 0 amide bonds. The number of ether oxygens (including phenoxy) is 1. The van der Waals surface area contributed by atoms with Gasteiger partial charge in [0.15, 0.2) is 0 Å². The molecule has 18 heavy (non-hydrogen) atoms. The fraction of sp³-hybridized carbons (Fsp3) is 0.500. The molecule has 0 aliphatic rings. The number of esters is 1. The van der Waals surface area contributed by atoms with E-state index in [9.17, 15) is 4.79 Å². The first-order chi connectivity index (χ1) is 7.99. The van der Waals surface area contributed by atoms with Crippen molar-refractivity contribution in [1.82, 2.24) is 0 Å². The van der Waals surface area contributed by atoms with E-state index in [0.29, 0.717) is 12.6 Å². The monoisotopic (exact) mass is 352 g/mol. The predicted molar refractivity (Wildman–Crippen MR) is 77.7 cm³/mol. The molecule has 1 rings (SSSR count). The van der Waals surface area contributed by atoms with Crippen molar-refractivity contribution in [3.05, 3.63) is 29.8 Å². The fourth-order valence-electron chi connectivity index (χ4n) is 1.35. The summed E-state index contributed by atoms with van der Waals surface area (Å²) in [5.41, 5.74) is 2.09. The van der Waals surface area contributed by atoms with Crippen molar-refractivity contribution in [2.45, 2.75) is 40.3 Å². The fourth-order valence-corrected chi connectivity index (χ4v) is 1.35. The van der Waals surface area contributed by atoms with Gasteiger partial charge in [-0.2, -0.15) is 0 Å². The zero-order valence-corrected chi connectivity index (χ0v) is 14.9. The second kappa shape index (κ2) is 8.46. The average molecular weight is 352 g/mol. The predicted octanol–water partition coefficient (Wildman–Crippen LogP) is 3.07. The Hall–Kier alpha value is -0.640. The average Bonchev–Trinajstić information content (AvgIpc) is 2.26. The molecule has 0 bridgehead atoms. The number of nitrogens with one attached hydrogen (secondary N) is 1. The Labute approximate surface area is 130 Å². The number of benzene rings is 1. The van der Waals surface area contributed by atoms with Gasteiger partial charge in [-0.05, 0) is 31.5 Å². The zero-order valence-electron chi connectivity index (χ0n) is 11.6. The van der Waals surface area contributed by atoms with Gasteiger partial charge in [0.05, 0.1) is 5.92 Å². The third kappa shape index (κ3) is 6.34. The van der Waals surface area contributed by atoms with Crippen molar-refractivity contribution in [3.8, 4) is 0 Å². The summed E-state index contributed by atoms with van der Waals surface area (Å²) in [7, 11) is 0. The Morgan fingerprint density at radius 2 is 1.78 bits per heavy atom. The molecule has 3 radical (unpaired) electrons. The summed E-state index contributed by atoms with van der Waals surface area (Å²) in [6.45, 7) is 8.20. The van der Waals surface area contributed by atoms with Gasteiger partial charge in [0.2, 0.25) is 0 Å². The molecule has 0 saturated carbocycles. The summed E-state index contributed by atoms with van der Waals surface area (Å²) < 4.78 is 5.15. The van der Waals surface area contributed by atoms with Gasteiger partial charge in [-0.3, -0.25) is 4.79 Å². The van der Waals surface area contributed by atoms with Crippen LogP contribution < -0.4 is 5.32 Å². The van der Waals surface area contributed by atoms with Crippen LogP contribution in [-0.4, -0.2) is 37.9 Å². The van der Waals surface area contributed by atoms with Crippen LogP contribution in [0.25, 0.3) is 0 Å². The van der Waals surface area contributed by atoms with Crippen molar-refractivity contribution in [1.29, 1.82) is 0 Å². The van der Waals surface area contributed by atoms with E-state index in [1.165, 1.54) is 0 Å². The molecular formula is C14H23InNO2. The second-order valence-electron chi connectivity index (χ2n) is 4.76. The molecule has 0 heterocycles. The van der Waals surface area contributed by atoms with Crippen LogP contribution >= 0.6 is 0 Å². The minimum Gasteiger partial charge on any atom is -0.461 e. The summed E-state index contributed by atoms with van der Waals surface area (Å²) in [6.07, 6.45) is 0. The van der Waals surface area contributed by atoms with E-state index in [1.807, 2.05) is 38.1 Å². The van der Waals surface area contributed by atoms with Crippen LogP contribution in [0.3, 0.4) is 0 Å². The van der Waals surface area contributed by atoms with E-state index < -0.39 is 0 Å². The minimum absolute atomic E-state index is 0. The van der Waals surface area contributed by atoms with Gasteiger partial charge >= 0.3 is 5.97 Å². The topological polar surface area (TPSA) is 38.3 Å². The Morgan fingerprint density at radius 3 is 2.22 bits per heavy atom. The van der Waals surface area contributed by atoms with E-state index in [0.717, 1.165) is 11.3 Å². The molecule has 1 aromatic rings. The van der Waals surface area contributed by atoms with Crippen LogP contribution in [0, 0.1) is 5.92 Å². The summed E-state index contributed by atoms with van der Waals surface area (Å²) in [5, 5.41) is 3.31. The number of anilines is 1. The van der Waals surface area contributed by atoms with E-state index in [4.69, 9.17) is 4.74 Å². The number of hydrogen-bond donors (Lipinski definition) is 1. The molecule has 0 aliphatic heterocycles. The van der Waals surface area contributed by atoms with E-state index in [2.05, 4.69) is 19.2 Å². The normalized spacial score (nSPS) is 10.1. The molecule has 4 heteroatoms. The number of carbonyl (C=O) groups is 1. The third-order valence-corrected chi connectivity index (χ3v) is 2.26. The Balaban J connectivity index is 0. The molecule has 0 spiro atoms. The summed E-state index contributed by atoms with van der Waals surface area (Å²) in [5.74, 6) is -0.230. The van der Waals surface area contributed by atoms with Crippen LogP contribution in [0.1, 0.15) is 34.7 Å². The quantitative estimate of drug-likeness (QED) is 0.828. The van der Waals surface area contributed by atoms with Gasteiger partial charge in [-0.25, -0.2) is 0 Å². The van der Waals surface area contributed by atoms with Crippen molar-refractivity contribution in [2.75, 3.05) is 5.32 Å². The first-order valence-corrected chi connectivity index (χ1v) is 6.01. The summed E-state index contributed by atoms with van der Waals surface area (Å²) in [4.78, 5) is 11.3. The first kappa shape index (κ1) is 17.4. The smallest absolute Gasteiger partial charge is 0.308 e. The maximum atomic E-state index is 11.3. The SMILES string of the molecule is CC(C)Nc1ccc(COC(=O)C(C)C)cc1.[HH].[In]. The Kier molecular flexibility index (Phi) is 8.16. The number of hydrogen-bond acceptors (Lipinski definition) is 3. The van der Waals surface area contributed by atoms with Gasteiger partial charge in [0.25, 0.3) is 0 Å². The molecule has 1 N–H and O–H groups in total. The van der Waals surface area contributed by atoms with Crippen LogP contribution in [-0.2, 0) is 16.1 Å². The van der Waals surface area contributed by atoms with E-state index in [-0.39, 0.29) is 39.2 Å². The molecule has 1 aromatic carbocycles. The standard InChI is InChI=1S/C14H21NO2.In.H2/c1-10(2)14(16)17-9-12-5-7-13(8-6-12)15-11(3)4;;/h5-8,10-11,15H,9H2,1-4H3;;1H. The van der Waals surface area contributed by atoms with Gasteiger partial charge in [-0.1, -0.05) is 26.0 Å². The molecule has 0 atom stereocenters. The zero-order chi connectivity index (χ0) is 12.8. The van der Waals surface area contributed by atoms with Crippen LogP contribution in [0.4, 0.5) is 5.69 Å². The molecule has 0 fully saturated rings. The summed E-state index contributed by atoms with van der Waals surface area (Å²) >= 11 is 0. The molecule has 99 valence electrons. The van der Waals surface area contributed by atoms with Gasteiger partial charge in [0, 0.05) is 39.0 Å². The van der Waals surface area contributed by atoms with Crippen molar-refractivity contribution in [2.24, 2.45) is 5.92 Å². The summed E-state index contributed by atoms with van der Waals surface area (Å²) in [6, 6.07) is 8.35. The van der Waals surface area contributed by atoms with Crippen molar-refractivity contribution >= 4 is 37.5 Å². The maximum absolute atomic E-state index is 11.3. The largest absolute Gasteiger partial charge is 0.461 e. The van der Waals surface area contributed by atoms with Gasteiger partial charge < -0.3 is 10.1 Å². The molecule has 0 saturated heterocycles.